The molecule has 0 saturated carbocycles. The number of aliphatic hydroxyl groups excluding tert-OH is 1. The predicted octanol–water partition coefficient (Wildman–Crippen LogP) is 2.52. The first-order valence-electron chi connectivity index (χ1n) is 6.93. The van der Waals surface area contributed by atoms with E-state index in [9.17, 15) is 9.90 Å². The Balaban J connectivity index is 1.83. The van der Waals surface area contributed by atoms with Gasteiger partial charge in [0.05, 0.1) is 17.8 Å². The summed E-state index contributed by atoms with van der Waals surface area (Å²) < 4.78 is 1.77. The number of aromatic nitrogens is 2. The highest BCUT2D eigenvalue weighted by atomic mass is 16.3. The third kappa shape index (κ3) is 2.85. The van der Waals surface area contributed by atoms with Gasteiger partial charge in [0.2, 0.25) is 5.43 Å². The number of aryl methyl sites for hydroxylation is 1. The molecule has 0 radical (unpaired) electrons. The third-order valence-electron chi connectivity index (χ3n) is 3.56. The van der Waals surface area contributed by atoms with Crippen LogP contribution in [-0.2, 0) is 6.54 Å². The number of benzene rings is 2. The number of nitrogens with zero attached hydrogens (tertiary/aromatic N) is 2. The highest BCUT2D eigenvalue weighted by Crippen LogP contribution is 2.17. The van der Waals surface area contributed by atoms with E-state index in [0.29, 0.717) is 18.4 Å². The second-order valence-electron chi connectivity index (χ2n) is 4.96. The topological polar surface area (TPSA) is 55.1 Å². The van der Waals surface area contributed by atoms with Gasteiger partial charge in [0, 0.05) is 11.9 Å². The highest BCUT2D eigenvalue weighted by molar-refractivity contribution is 5.77. The minimum atomic E-state index is -0.536. The Hall–Kier alpha value is -2.46. The van der Waals surface area contributed by atoms with Gasteiger partial charge in [-0.2, -0.15) is 5.10 Å². The van der Waals surface area contributed by atoms with Crippen molar-refractivity contribution >= 4 is 10.9 Å². The normalized spacial score (nSPS) is 12.4. The molecule has 1 aromatic heterocycles. The zero-order valence-electron chi connectivity index (χ0n) is 11.5. The molecule has 21 heavy (non-hydrogen) atoms. The van der Waals surface area contributed by atoms with Crippen molar-refractivity contribution in [2.75, 3.05) is 0 Å². The molecule has 106 valence electrons. The first kappa shape index (κ1) is 13.5. The predicted molar refractivity (Wildman–Crippen MR) is 82.0 cm³/mol. The summed E-state index contributed by atoms with van der Waals surface area (Å²) in [6.45, 7) is 0.552. The number of rotatable bonds is 4. The van der Waals surface area contributed by atoms with Crippen LogP contribution in [0, 0.1) is 0 Å². The van der Waals surface area contributed by atoms with Crippen molar-refractivity contribution in [3.05, 3.63) is 76.6 Å². The molecule has 1 unspecified atom stereocenters. The first-order chi connectivity index (χ1) is 10.3. The van der Waals surface area contributed by atoms with Crippen molar-refractivity contribution in [2.24, 2.45) is 0 Å². The molecule has 0 aliphatic rings. The summed E-state index contributed by atoms with van der Waals surface area (Å²) in [4.78, 5) is 11.8. The van der Waals surface area contributed by atoms with E-state index >= 15 is 0 Å². The summed E-state index contributed by atoms with van der Waals surface area (Å²) in [7, 11) is 0. The van der Waals surface area contributed by atoms with Crippen LogP contribution in [0.2, 0.25) is 0 Å². The number of hydrogen-bond acceptors (Lipinski definition) is 3. The molecule has 4 heteroatoms. The molecule has 0 amide bonds. The van der Waals surface area contributed by atoms with Crippen molar-refractivity contribution in [2.45, 2.75) is 19.1 Å². The monoisotopic (exact) mass is 280 g/mol. The summed E-state index contributed by atoms with van der Waals surface area (Å²) in [6, 6.07) is 16.9. The van der Waals surface area contributed by atoms with Gasteiger partial charge in [0.1, 0.15) is 0 Å². The van der Waals surface area contributed by atoms with Crippen molar-refractivity contribution in [1.82, 2.24) is 9.78 Å². The molecule has 0 bridgehead atoms. The van der Waals surface area contributed by atoms with Gasteiger partial charge in [-0.25, -0.2) is 0 Å². The Bertz CT molecular complexity index is 796. The Kier molecular flexibility index (Phi) is 3.79. The minimum Gasteiger partial charge on any atom is -0.388 e. The standard InChI is InChI=1S/C17H16N2O2/c20-16(13-6-2-1-3-7-13)10-11-19-15-9-5-4-8-14(15)17(21)12-18-19/h1-9,12,16,20H,10-11H2. The number of aliphatic hydroxyl groups is 1. The minimum absolute atomic E-state index is 0.0783. The molecular formula is C17H16N2O2. The molecule has 1 heterocycles. The summed E-state index contributed by atoms with van der Waals surface area (Å²) in [5, 5.41) is 15.0. The fraction of sp³-hybridized carbons (Fsp3) is 0.176. The molecule has 3 rings (SSSR count). The van der Waals surface area contributed by atoms with E-state index in [1.165, 1.54) is 6.20 Å². The summed E-state index contributed by atoms with van der Waals surface area (Å²) in [6.07, 6.45) is 1.34. The van der Waals surface area contributed by atoms with E-state index in [-0.39, 0.29) is 5.43 Å². The Morgan fingerprint density at radius 2 is 1.76 bits per heavy atom. The van der Waals surface area contributed by atoms with Crippen LogP contribution in [-0.4, -0.2) is 14.9 Å². The van der Waals surface area contributed by atoms with Crippen LogP contribution in [0.4, 0.5) is 0 Å². The van der Waals surface area contributed by atoms with Gasteiger partial charge in [0.25, 0.3) is 0 Å². The molecular weight excluding hydrogens is 264 g/mol. The highest BCUT2D eigenvalue weighted by Gasteiger charge is 2.09. The fourth-order valence-electron chi connectivity index (χ4n) is 2.43. The van der Waals surface area contributed by atoms with Crippen molar-refractivity contribution in [3.63, 3.8) is 0 Å². The second-order valence-corrected chi connectivity index (χ2v) is 4.96. The molecule has 1 atom stereocenters. The molecule has 1 N–H and O–H groups in total. The molecule has 0 saturated heterocycles. The molecule has 0 fully saturated rings. The van der Waals surface area contributed by atoms with Crippen molar-refractivity contribution in [1.29, 1.82) is 0 Å². The van der Waals surface area contributed by atoms with Gasteiger partial charge in [-0.1, -0.05) is 42.5 Å². The van der Waals surface area contributed by atoms with Crippen LogP contribution in [0.1, 0.15) is 18.1 Å². The van der Waals surface area contributed by atoms with Crippen LogP contribution in [0.3, 0.4) is 0 Å². The van der Waals surface area contributed by atoms with Gasteiger partial charge in [-0.05, 0) is 24.1 Å². The lowest BCUT2D eigenvalue weighted by Crippen LogP contribution is -2.14. The number of fused-ring (bicyclic) bond motifs is 1. The second kappa shape index (κ2) is 5.89. The Labute approximate surface area is 122 Å². The van der Waals surface area contributed by atoms with Gasteiger partial charge in [-0.3, -0.25) is 9.48 Å². The lowest BCUT2D eigenvalue weighted by molar-refractivity contribution is 0.160. The molecule has 2 aromatic carbocycles. The summed E-state index contributed by atoms with van der Waals surface area (Å²) in [5.74, 6) is 0. The first-order valence-corrected chi connectivity index (χ1v) is 6.93. The van der Waals surface area contributed by atoms with Crippen molar-refractivity contribution < 1.29 is 5.11 Å². The Morgan fingerprint density at radius 3 is 2.57 bits per heavy atom. The largest absolute Gasteiger partial charge is 0.388 e. The van der Waals surface area contributed by atoms with Gasteiger partial charge < -0.3 is 5.11 Å². The van der Waals surface area contributed by atoms with E-state index in [1.54, 1.807) is 10.7 Å². The molecule has 0 spiro atoms. The maximum Gasteiger partial charge on any atom is 0.207 e. The van der Waals surface area contributed by atoms with Crippen LogP contribution in [0.25, 0.3) is 10.9 Å². The summed E-state index contributed by atoms with van der Waals surface area (Å²) >= 11 is 0. The quantitative estimate of drug-likeness (QED) is 0.799. The maximum absolute atomic E-state index is 11.8. The lowest BCUT2D eigenvalue weighted by atomic mass is 10.1. The maximum atomic E-state index is 11.8. The zero-order valence-corrected chi connectivity index (χ0v) is 11.5. The summed E-state index contributed by atoms with van der Waals surface area (Å²) in [5.41, 5.74) is 1.61. The molecule has 0 aliphatic carbocycles. The Morgan fingerprint density at radius 1 is 1.05 bits per heavy atom. The molecule has 0 aliphatic heterocycles. The number of hydrogen-bond donors (Lipinski definition) is 1. The smallest absolute Gasteiger partial charge is 0.207 e. The van der Waals surface area contributed by atoms with E-state index in [4.69, 9.17) is 0 Å². The van der Waals surface area contributed by atoms with Crippen LogP contribution < -0.4 is 5.43 Å². The zero-order chi connectivity index (χ0) is 14.7. The average molecular weight is 280 g/mol. The van der Waals surface area contributed by atoms with Gasteiger partial charge in [0.15, 0.2) is 0 Å². The van der Waals surface area contributed by atoms with E-state index < -0.39 is 6.10 Å². The van der Waals surface area contributed by atoms with E-state index in [2.05, 4.69) is 5.10 Å². The average Bonchev–Trinajstić information content (AvgIpc) is 2.55. The lowest BCUT2D eigenvalue weighted by Gasteiger charge is -2.13. The molecule has 4 nitrogen and oxygen atoms in total. The van der Waals surface area contributed by atoms with Crippen LogP contribution >= 0.6 is 0 Å². The van der Waals surface area contributed by atoms with Gasteiger partial charge in [-0.15, -0.1) is 0 Å². The van der Waals surface area contributed by atoms with E-state index in [1.807, 2.05) is 48.5 Å². The SMILES string of the molecule is O=c1cnn(CCC(O)c2ccccc2)c2ccccc12. The van der Waals surface area contributed by atoms with Crippen LogP contribution in [0.5, 0.6) is 0 Å². The van der Waals surface area contributed by atoms with Crippen LogP contribution in [0.15, 0.2) is 65.6 Å². The fourth-order valence-corrected chi connectivity index (χ4v) is 2.43. The third-order valence-corrected chi connectivity index (χ3v) is 3.56. The van der Waals surface area contributed by atoms with Crippen molar-refractivity contribution in [3.8, 4) is 0 Å². The van der Waals surface area contributed by atoms with Gasteiger partial charge >= 0.3 is 0 Å². The number of para-hydroxylation sites is 1. The molecule has 3 aromatic rings. The van der Waals surface area contributed by atoms with E-state index in [0.717, 1.165) is 11.1 Å².